The third-order valence-electron chi connectivity index (χ3n) is 4.11. The lowest BCUT2D eigenvalue weighted by Gasteiger charge is -2.34. The molecule has 0 aromatic rings. The molecule has 0 heterocycles. The van der Waals surface area contributed by atoms with Crippen molar-refractivity contribution in [3.63, 3.8) is 0 Å². The summed E-state index contributed by atoms with van der Waals surface area (Å²) < 4.78 is 0. The zero-order valence-electron chi connectivity index (χ0n) is 8.25. The topological polar surface area (TPSA) is 37.3 Å². The Bertz CT molecular complexity index is 218. The lowest BCUT2D eigenvalue weighted by atomic mass is 9.70. The minimum Gasteiger partial charge on any atom is -0.481 e. The highest BCUT2D eigenvalue weighted by molar-refractivity contribution is 5.70. The van der Waals surface area contributed by atoms with E-state index in [4.69, 9.17) is 5.11 Å². The van der Waals surface area contributed by atoms with Crippen LogP contribution in [0.1, 0.15) is 45.4 Å². The van der Waals surface area contributed by atoms with Crippen LogP contribution in [-0.2, 0) is 4.79 Å². The Morgan fingerprint density at radius 2 is 2.08 bits per heavy atom. The normalized spacial score (nSPS) is 32.8. The first kappa shape index (κ1) is 9.04. The molecule has 13 heavy (non-hydrogen) atoms. The number of hydrogen-bond acceptors (Lipinski definition) is 1. The second kappa shape index (κ2) is 3.00. The highest BCUT2D eigenvalue weighted by Crippen LogP contribution is 2.61. The molecule has 0 aromatic carbocycles. The molecule has 0 radical (unpaired) electrons. The molecule has 2 aliphatic rings. The third kappa shape index (κ3) is 1.47. The molecule has 1 N–H and O–H groups in total. The molecule has 2 fully saturated rings. The van der Waals surface area contributed by atoms with E-state index < -0.39 is 5.97 Å². The molecule has 0 amide bonds. The summed E-state index contributed by atoms with van der Waals surface area (Å²) in [6.07, 6.45) is 7.57. The first-order valence-electron chi connectivity index (χ1n) is 5.38. The number of aliphatic carboxylic acids is 1. The van der Waals surface area contributed by atoms with Crippen molar-refractivity contribution in [3.8, 4) is 0 Å². The SMILES string of the molecule is CC(C(=O)O)C1CCCCC12CC2. The van der Waals surface area contributed by atoms with E-state index in [0.29, 0.717) is 11.3 Å². The number of carbonyl (C=O) groups is 1. The van der Waals surface area contributed by atoms with E-state index >= 15 is 0 Å². The highest BCUT2D eigenvalue weighted by Gasteiger charge is 2.52. The fraction of sp³-hybridized carbons (Fsp3) is 0.909. The maximum atomic E-state index is 10.9. The van der Waals surface area contributed by atoms with Crippen molar-refractivity contribution < 1.29 is 9.90 Å². The highest BCUT2D eigenvalue weighted by atomic mass is 16.4. The monoisotopic (exact) mass is 182 g/mol. The summed E-state index contributed by atoms with van der Waals surface area (Å²) in [6, 6.07) is 0. The lowest BCUT2D eigenvalue weighted by molar-refractivity contribution is -0.144. The van der Waals surface area contributed by atoms with Gasteiger partial charge in [0.2, 0.25) is 0 Å². The molecule has 0 bridgehead atoms. The van der Waals surface area contributed by atoms with E-state index in [1.165, 1.54) is 32.1 Å². The van der Waals surface area contributed by atoms with Crippen molar-refractivity contribution in [3.05, 3.63) is 0 Å². The average molecular weight is 182 g/mol. The molecule has 2 atom stereocenters. The Kier molecular flexibility index (Phi) is 2.09. The smallest absolute Gasteiger partial charge is 0.306 e. The quantitative estimate of drug-likeness (QED) is 0.713. The zero-order chi connectivity index (χ0) is 9.47. The van der Waals surface area contributed by atoms with Gasteiger partial charge in [-0.2, -0.15) is 0 Å². The van der Waals surface area contributed by atoms with Crippen LogP contribution in [-0.4, -0.2) is 11.1 Å². The van der Waals surface area contributed by atoms with Crippen molar-refractivity contribution in [1.82, 2.24) is 0 Å². The van der Waals surface area contributed by atoms with Gasteiger partial charge in [0.15, 0.2) is 0 Å². The van der Waals surface area contributed by atoms with Crippen molar-refractivity contribution in [1.29, 1.82) is 0 Å². The maximum Gasteiger partial charge on any atom is 0.306 e. The Morgan fingerprint density at radius 3 is 2.62 bits per heavy atom. The van der Waals surface area contributed by atoms with Crippen LogP contribution in [0.2, 0.25) is 0 Å². The Labute approximate surface area is 79.3 Å². The van der Waals surface area contributed by atoms with E-state index in [1.807, 2.05) is 6.92 Å². The lowest BCUT2D eigenvalue weighted by Crippen LogP contribution is -2.31. The third-order valence-corrected chi connectivity index (χ3v) is 4.11. The molecule has 2 aliphatic carbocycles. The molecule has 2 saturated carbocycles. The molecule has 74 valence electrons. The first-order chi connectivity index (χ1) is 6.16. The number of rotatable bonds is 2. The van der Waals surface area contributed by atoms with Gasteiger partial charge in [-0.3, -0.25) is 4.79 Å². The molecular weight excluding hydrogens is 164 g/mol. The van der Waals surface area contributed by atoms with Crippen molar-refractivity contribution in [2.24, 2.45) is 17.3 Å². The Hall–Kier alpha value is -0.530. The van der Waals surface area contributed by atoms with Crippen molar-refractivity contribution in [2.75, 3.05) is 0 Å². The fourth-order valence-corrected chi connectivity index (χ4v) is 3.07. The zero-order valence-corrected chi connectivity index (χ0v) is 8.25. The summed E-state index contributed by atoms with van der Waals surface area (Å²) in [6.45, 7) is 1.89. The predicted octanol–water partition coefficient (Wildman–Crippen LogP) is 2.68. The molecule has 2 rings (SSSR count). The van der Waals surface area contributed by atoms with Gasteiger partial charge in [-0.25, -0.2) is 0 Å². The van der Waals surface area contributed by atoms with Gasteiger partial charge in [0.1, 0.15) is 0 Å². The number of hydrogen-bond donors (Lipinski definition) is 1. The van der Waals surface area contributed by atoms with Crippen LogP contribution in [0, 0.1) is 17.3 Å². The molecule has 0 aliphatic heterocycles. The van der Waals surface area contributed by atoms with Gasteiger partial charge < -0.3 is 5.11 Å². The van der Waals surface area contributed by atoms with Gasteiger partial charge in [0.05, 0.1) is 5.92 Å². The van der Waals surface area contributed by atoms with Crippen LogP contribution in [0.15, 0.2) is 0 Å². The van der Waals surface area contributed by atoms with Crippen molar-refractivity contribution >= 4 is 5.97 Å². The van der Waals surface area contributed by atoms with Gasteiger partial charge in [0.25, 0.3) is 0 Å². The van der Waals surface area contributed by atoms with Crippen LogP contribution >= 0.6 is 0 Å². The van der Waals surface area contributed by atoms with E-state index in [-0.39, 0.29) is 5.92 Å². The van der Waals surface area contributed by atoms with E-state index in [2.05, 4.69) is 0 Å². The van der Waals surface area contributed by atoms with Gasteiger partial charge in [0, 0.05) is 0 Å². The summed E-state index contributed by atoms with van der Waals surface area (Å²) in [5.74, 6) is -0.250. The second-order valence-corrected chi connectivity index (χ2v) is 4.84. The van der Waals surface area contributed by atoms with Gasteiger partial charge in [-0.15, -0.1) is 0 Å². The van der Waals surface area contributed by atoms with Crippen LogP contribution < -0.4 is 0 Å². The van der Waals surface area contributed by atoms with Crippen molar-refractivity contribution in [2.45, 2.75) is 45.4 Å². The molecule has 1 spiro atoms. The van der Waals surface area contributed by atoms with Gasteiger partial charge in [-0.05, 0) is 37.0 Å². The Balaban J connectivity index is 2.07. The van der Waals surface area contributed by atoms with Crippen LogP contribution in [0.3, 0.4) is 0 Å². The molecule has 0 saturated heterocycles. The summed E-state index contributed by atoms with van der Waals surface area (Å²) in [4.78, 5) is 10.9. The summed E-state index contributed by atoms with van der Waals surface area (Å²) in [5.41, 5.74) is 0.468. The van der Waals surface area contributed by atoms with Gasteiger partial charge >= 0.3 is 5.97 Å². The first-order valence-corrected chi connectivity index (χ1v) is 5.38. The fourth-order valence-electron chi connectivity index (χ4n) is 3.07. The largest absolute Gasteiger partial charge is 0.481 e. The predicted molar refractivity (Wildman–Crippen MR) is 50.4 cm³/mol. The second-order valence-electron chi connectivity index (χ2n) is 4.84. The maximum absolute atomic E-state index is 10.9. The van der Waals surface area contributed by atoms with Gasteiger partial charge in [-0.1, -0.05) is 19.8 Å². The standard InChI is InChI=1S/C11H18O2/c1-8(10(12)13)9-4-2-3-5-11(9)6-7-11/h8-9H,2-7H2,1H3,(H,12,13). The summed E-state index contributed by atoms with van der Waals surface area (Å²) >= 11 is 0. The number of carboxylic acids is 1. The van der Waals surface area contributed by atoms with E-state index in [0.717, 1.165) is 6.42 Å². The van der Waals surface area contributed by atoms with E-state index in [9.17, 15) is 4.79 Å². The Morgan fingerprint density at radius 1 is 1.38 bits per heavy atom. The minimum absolute atomic E-state index is 0.122. The molecule has 2 nitrogen and oxygen atoms in total. The van der Waals surface area contributed by atoms with E-state index in [1.54, 1.807) is 0 Å². The molecule has 2 heteroatoms. The minimum atomic E-state index is -0.599. The van der Waals surface area contributed by atoms with Crippen LogP contribution in [0.5, 0.6) is 0 Å². The molecular formula is C11H18O2. The summed E-state index contributed by atoms with van der Waals surface area (Å²) in [5, 5.41) is 8.99. The van der Waals surface area contributed by atoms with Crippen LogP contribution in [0.4, 0.5) is 0 Å². The average Bonchev–Trinajstić information content (AvgIpc) is 2.85. The summed E-state index contributed by atoms with van der Waals surface area (Å²) in [7, 11) is 0. The molecule has 0 aromatic heterocycles. The number of carboxylic acid groups (broad SMARTS) is 1. The van der Waals surface area contributed by atoms with Crippen LogP contribution in [0.25, 0.3) is 0 Å². The molecule has 2 unspecified atom stereocenters.